The molecule has 1 fully saturated rings. The number of aromatic nitrogens is 1. The van der Waals surface area contributed by atoms with Crippen molar-refractivity contribution in [3.63, 3.8) is 0 Å². The van der Waals surface area contributed by atoms with Gasteiger partial charge in [0.15, 0.2) is 0 Å². The minimum Gasteiger partial charge on any atom is -0.340 e. The summed E-state index contributed by atoms with van der Waals surface area (Å²) in [7, 11) is 1.82. The van der Waals surface area contributed by atoms with Crippen molar-refractivity contribution in [1.29, 1.82) is 0 Å². The lowest BCUT2D eigenvalue weighted by atomic mass is 10.1. The number of rotatable bonds is 1. The molecule has 0 radical (unpaired) electrons. The molecule has 0 atom stereocenters. The Kier molecular flexibility index (Phi) is 3.01. The van der Waals surface area contributed by atoms with E-state index in [-0.39, 0.29) is 11.7 Å². The van der Waals surface area contributed by atoms with Crippen LogP contribution in [0, 0.1) is 5.82 Å². The topological polar surface area (TPSA) is 25.2 Å². The molecule has 0 bridgehead atoms. The second-order valence-corrected chi connectivity index (χ2v) is 5.14. The Morgan fingerprint density at radius 2 is 1.89 bits per heavy atom. The van der Waals surface area contributed by atoms with Gasteiger partial charge in [-0.15, -0.1) is 0 Å². The van der Waals surface area contributed by atoms with Gasteiger partial charge < -0.3 is 9.47 Å². The van der Waals surface area contributed by atoms with Crippen LogP contribution in [-0.2, 0) is 7.05 Å². The average Bonchev–Trinajstić information content (AvgIpc) is 2.76. The maximum Gasteiger partial charge on any atom is 0.270 e. The van der Waals surface area contributed by atoms with Gasteiger partial charge >= 0.3 is 0 Å². The van der Waals surface area contributed by atoms with Crippen molar-refractivity contribution in [2.45, 2.75) is 19.3 Å². The molecule has 1 aliphatic heterocycles. The van der Waals surface area contributed by atoms with Crippen LogP contribution in [0.15, 0.2) is 24.3 Å². The number of carbonyl (C=O) groups excluding carboxylic acids is 1. The lowest BCUT2D eigenvalue weighted by molar-refractivity contribution is 0.0715. The normalized spacial score (nSPS) is 16.0. The van der Waals surface area contributed by atoms with E-state index in [1.807, 2.05) is 18.0 Å². The fourth-order valence-electron chi connectivity index (χ4n) is 2.77. The lowest BCUT2D eigenvalue weighted by Gasteiger charge is -2.26. The maximum atomic E-state index is 13.3. The summed E-state index contributed by atoms with van der Waals surface area (Å²) in [6.45, 7) is 1.66. The number of amides is 1. The molecule has 19 heavy (non-hydrogen) atoms. The second-order valence-electron chi connectivity index (χ2n) is 5.14. The van der Waals surface area contributed by atoms with Crippen molar-refractivity contribution in [2.24, 2.45) is 7.05 Å². The zero-order chi connectivity index (χ0) is 13.4. The predicted molar refractivity (Wildman–Crippen MR) is 72.6 cm³/mol. The van der Waals surface area contributed by atoms with Gasteiger partial charge in [0, 0.05) is 25.5 Å². The number of piperidine rings is 1. The highest BCUT2D eigenvalue weighted by Gasteiger charge is 2.21. The van der Waals surface area contributed by atoms with Gasteiger partial charge in [-0.2, -0.15) is 0 Å². The maximum absolute atomic E-state index is 13.3. The highest BCUT2D eigenvalue weighted by atomic mass is 19.1. The highest BCUT2D eigenvalue weighted by Crippen LogP contribution is 2.22. The van der Waals surface area contributed by atoms with Crippen LogP contribution in [0.5, 0.6) is 0 Å². The van der Waals surface area contributed by atoms with Crippen LogP contribution in [-0.4, -0.2) is 28.5 Å². The molecule has 2 aromatic rings. The van der Waals surface area contributed by atoms with E-state index in [1.54, 1.807) is 10.6 Å². The van der Waals surface area contributed by atoms with Gasteiger partial charge in [-0.25, -0.2) is 4.39 Å². The molecule has 100 valence electrons. The summed E-state index contributed by atoms with van der Waals surface area (Å²) < 4.78 is 15.1. The molecule has 0 spiro atoms. The van der Waals surface area contributed by atoms with Gasteiger partial charge in [-0.05, 0) is 43.5 Å². The fraction of sp³-hybridized carbons (Fsp3) is 0.400. The minimum atomic E-state index is -0.273. The number of nitrogens with zero attached hydrogens (tertiary/aromatic N) is 2. The summed E-state index contributed by atoms with van der Waals surface area (Å²) in [5.41, 5.74) is 1.41. The molecule has 0 saturated carbocycles. The number of carbonyl (C=O) groups is 1. The molecule has 2 heterocycles. The minimum absolute atomic E-state index is 0.0545. The van der Waals surface area contributed by atoms with Crippen LogP contribution in [0.25, 0.3) is 10.9 Å². The zero-order valence-corrected chi connectivity index (χ0v) is 11.0. The summed E-state index contributed by atoms with van der Waals surface area (Å²) >= 11 is 0. The number of hydrogen-bond donors (Lipinski definition) is 0. The molecule has 1 saturated heterocycles. The molecule has 3 nitrogen and oxygen atoms in total. The summed E-state index contributed by atoms with van der Waals surface area (Å²) in [4.78, 5) is 14.4. The molecular formula is C15H17FN2O. The number of likely N-dealkylation sites (tertiary alicyclic amines) is 1. The molecule has 3 rings (SSSR count). The van der Waals surface area contributed by atoms with Gasteiger partial charge in [0.25, 0.3) is 5.91 Å². The van der Waals surface area contributed by atoms with E-state index >= 15 is 0 Å². The second kappa shape index (κ2) is 4.68. The van der Waals surface area contributed by atoms with Crippen LogP contribution in [0.1, 0.15) is 29.8 Å². The molecule has 1 amide bonds. The van der Waals surface area contributed by atoms with E-state index in [0.717, 1.165) is 36.8 Å². The van der Waals surface area contributed by atoms with Gasteiger partial charge in [-0.1, -0.05) is 0 Å². The van der Waals surface area contributed by atoms with Crippen molar-refractivity contribution in [2.75, 3.05) is 13.1 Å². The first-order chi connectivity index (χ1) is 9.16. The van der Waals surface area contributed by atoms with Gasteiger partial charge in [0.2, 0.25) is 0 Å². The first-order valence-corrected chi connectivity index (χ1v) is 6.71. The Balaban J connectivity index is 2.00. The van der Waals surface area contributed by atoms with Crippen molar-refractivity contribution in [1.82, 2.24) is 9.47 Å². The molecule has 0 unspecified atom stereocenters. The number of benzene rings is 1. The zero-order valence-electron chi connectivity index (χ0n) is 11.0. The molecule has 0 N–H and O–H groups in total. The molecule has 4 heteroatoms. The molecule has 1 aliphatic rings. The van der Waals surface area contributed by atoms with Crippen molar-refractivity contribution in [3.8, 4) is 0 Å². The van der Waals surface area contributed by atoms with Crippen LogP contribution < -0.4 is 0 Å². The number of aryl methyl sites for hydroxylation is 1. The third-order valence-electron chi connectivity index (χ3n) is 3.87. The van der Waals surface area contributed by atoms with E-state index in [0.29, 0.717) is 5.69 Å². The Labute approximate surface area is 111 Å². The van der Waals surface area contributed by atoms with Gasteiger partial charge in [-0.3, -0.25) is 4.79 Å². The molecule has 0 aliphatic carbocycles. The van der Waals surface area contributed by atoms with Gasteiger partial charge in [0.05, 0.1) is 5.52 Å². The smallest absolute Gasteiger partial charge is 0.270 e. The monoisotopic (exact) mass is 260 g/mol. The fourth-order valence-corrected chi connectivity index (χ4v) is 2.77. The average molecular weight is 260 g/mol. The van der Waals surface area contributed by atoms with Crippen molar-refractivity contribution < 1.29 is 9.18 Å². The molecular weight excluding hydrogens is 243 g/mol. The Morgan fingerprint density at radius 3 is 2.63 bits per heavy atom. The van der Waals surface area contributed by atoms with Crippen molar-refractivity contribution >= 4 is 16.8 Å². The van der Waals surface area contributed by atoms with E-state index < -0.39 is 0 Å². The van der Waals surface area contributed by atoms with Crippen LogP contribution in [0.4, 0.5) is 4.39 Å². The Bertz CT molecular complexity index is 626. The number of hydrogen-bond acceptors (Lipinski definition) is 1. The molecule has 1 aromatic heterocycles. The first-order valence-electron chi connectivity index (χ1n) is 6.71. The van der Waals surface area contributed by atoms with Gasteiger partial charge in [0.1, 0.15) is 11.5 Å². The van der Waals surface area contributed by atoms with Crippen LogP contribution >= 0.6 is 0 Å². The van der Waals surface area contributed by atoms with E-state index in [4.69, 9.17) is 0 Å². The lowest BCUT2D eigenvalue weighted by Crippen LogP contribution is -2.36. The summed E-state index contributed by atoms with van der Waals surface area (Å²) in [5, 5.41) is 0.907. The third-order valence-corrected chi connectivity index (χ3v) is 3.87. The highest BCUT2D eigenvalue weighted by molar-refractivity contribution is 5.98. The predicted octanol–water partition coefficient (Wildman–Crippen LogP) is 2.94. The SMILES string of the molecule is Cn1c(C(=O)N2CCCCC2)cc2ccc(F)cc21. The molecule has 1 aromatic carbocycles. The largest absolute Gasteiger partial charge is 0.340 e. The van der Waals surface area contributed by atoms with E-state index in [2.05, 4.69) is 0 Å². The summed E-state index contributed by atoms with van der Waals surface area (Å²) in [6.07, 6.45) is 3.35. The standard InChI is InChI=1S/C15H17FN2O/c1-17-13-10-12(16)6-5-11(13)9-14(17)15(19)18-7-3-2-4-8-18/h5-6,9-10H,2-4,7-8H2,1H3. The number of halogens is 1. The third kappa shape index (κ3) is 2.11. The quantitative estimate of drug-likeness (QED) is 0.774. The summed E-state index contributed by atoms with van der Waals surface area (Å²) in [6, 6.07) is 6.48. The summed E-state index contributed by atoms with van der Waals surface area (Å²) in [5.74, 6) is -0.218. The Hall–Kier alpha value is -1.84. The van der Waals surface area contributed by atoms with Crippen LogP contribution in [0.3, 0.4) is 0 Å². The number of fused-ring (bicyclic) bond motifs is 1. The van der Waals surface area contributed by atoms with E-state index in [1.165, 1.54) is 18.6 Å². The first kappa shape index (κ1) is 12.2. The van der Waals surface area contributed by atoms with Crippen LogP contribution in [0.2, 0.25) is 0 Å². The van der Waals surface area contributed by atoms with E-state index in [9.17, 15) is 9.18 Å². The Morgan fingerprint density at radius 1 is 1.16 bits per heavy atom. The van der Waals surface area contributed by atoms with Crippen molar-refractivity contribution in [3.05, 3.63) is 35.8 Å².